The highest BCUT2D eigenvalue weighted by atomic mass is 32.2. The lowest BCUT2D eigenvalue weighted by molar-refractivity contribution is 0.169. The van der Waals surface area contributed by atoms with Crippen molar-refractivity contribution < 1.29 is 17.9 Å². The van der Waals surface area contributed by atoms with Gasteiger partial charge in [0.1, 0.15) is 11.9 Å². The molecule has 0 fully saturated rings. The summed E-state index contributed by atoms with van der Waals surface area (Å²) in [6.45, 7) is 0.370. The molecule has 0 bridgehead atoms. The SMILES string of the molecule is CNC(=O)NC[C@H]1CCc2ccc(S(=O)(=O)c3ccccc3)cc2O1. The average Bonchev–Trinajstić information content (AvgIpc) is 2.66. The summed E-state index contributed by atoms with van der Waals surface area (Å²) in [5.41, 5.74) is 0.975. The van der Waals surface area contributed by atoms with E-state index < -0.39 is 9.84 Å². The molecule has 0 radical (unpaired) electrons. The molecule has 1 aliphatic rings. The molecule has 0 aliphatic carbocycles. The lowest BCUT2D eigenvalue weighted by atomic mass is 10.0. The fourth-order valence-corrected chi connectivity index (χ4v) is 4.04. The Balaban J connectivity index is 1.82. The predicted molar refractivity (Wildman–Crippen MR) is 93.5 cm³/mol. The summed E-state index contributed by atoms with van der Waals surface area (Å²) in [5, 5.41) is 5.20. The van der Waals surface area contributed by atoms with Gasteiger partial charge in [-0.25, -0.2) is 13.2 Å². The third-order valence-corrected chi connectivity index (χ3v) is 5.92. The molecule has 7 heteroatoms. The maximum absolute atomic E-state index is 12.7. The predicted octanol–water partition coefficient (Wildman–Crippen LogP) is 2.14. The maximum Gasteiger partial charge on any atom is 0.314 e. The molecule has 2 aromatic rings. The van der Waals surface area contributed by atoms with Crippen LogP contribution < -0.4 is 15.4 Å². The number of benzene rings is 2. The van der Waals surface area contributed by atoms with E-state index in [4.69, 9.17) is 4.74 Å². The van der Waals surface area contributed by atoms with Crippen LogP contribution in [0.25, 0.3) is 0 Å². The molecular weight excluding hydrogens is 340 g/mol. The topological polar surface area (TPSA) is 84.5 Å². The minimum atomic E-state index is -3.58. The van der Waals surface area contributed by atoms with Gasteiger partial charge < -0.3 is 15.4 Å². The van der Waals surface area contributed by atoms with Gasteiger partial charge in [0.15, 0.2) is 0 Å². The standard InChI is InChI=1S/C18H20N2O4S/c1-19-18(21)20-12-14-9-7-13-8-10-16(11-17(13)24-14)25(22,23)15-5-3-2-4-6-15/h2-6,8,10-11,14H,7,9,12H2,1H3,(H2,19,20,21)/t14-/m1/s1. The van der Waals surface area contributed by atoms with Gasteiger partial charge in [-0.05, 0) is 42.7 Å². The van der Waals surface area contributed by atoms with Crippen LogP contribution in [0.15, 0.2) is 58.3 Å². The number of amides is 2. The van der Waals surface area contributed by atoms with Gasteiger partial charge in [0, 0.05) is 7.05 Å². The van der Waals surface area contributed by atoms with Crippen LogP contribution in [0.3, 0.4) is 0 Å². The van der Waals surface area contributed by atoms with Crippen molar-refractivity contribution in [2.75, 3.05) is 13.6 Å². The molecule has 25 heavy (non-hydrogen) atoms. The van der Waals surface area contributed by atoms with Crippen molar-refractivity contribution in [3.8, 4) is 5.75 Å². The minimum absolute atomic E-state index is 0.181. The summed E-state index contributed by atoms with van der Waals surface area (Å²) < 4.78 is 31.4. The van der Waals surface area contributed by atoms with E-state index in [1.54, 1.807) is 55.6 Å². The first-order chi connectivity index (χ1) is 12.0. The highest BCUT2D eigenvalue weighted by molar-refractivity contribution is 7.91. The van der Waals surface area contributed by atoms with E-state index in [0.29, 0.717) is 12.3 Å². The molecule has 2 N–H and O–H groups in total. The zero-order valence-corrected chi connectivity index (χ0v) is 14.7. The summed E-state index contributed by atoms with van der Waals surface area (Å²) in [6, 6.07) is 13.0. The number of ether oxygens (including phenoxy) is 1. The molecular formula is C18H20N2O4S. The lowest BCUT2D eigenvalue weighted by Gasteiger charge is -2.26. The van der Waals surface area contributed by atoms with Crippen LogP contribution in [0.5, 0.6) is 5.75 Å². The van der Waals surface area contributed by atoms with Gasteiger partial charge in [-0.1, -0.05) is 24.3 Å². The number of rotatable bonds is 4. The number of sulfone groups is 1. The molecule has 0 aromatic heterocycles. The van der Waals surface area contributed by atoms with Crippen LogP contribution in [0.1, 0.15) is 12.0 Å². The number of nitrogens with one attached hydrogen (secondary N) is 2. The highest BCUT2D eigenvalue weighted by Crippen LogP contribution is 2.32. The molecule has 1 heterocycles. The van der Waals surface area contributed by atoms with Crippen LogP contribution in [0.2, 0.25) is 0 Å². The van der Waals surface area contributed by atoms with E-state index >= 15 is 0 Å². The molecule has 1 atom stereocenters. The number of carbonyl (C=O) groups is 1. The molecule has 0 saturated carbocycles. The monoisotopic (exact) mass is 360 g/mol. The smallest absolute Gasteiger partial charge is 0.314 e. The Kier molecular flexibility index (Phi) is 4.94. The fraction of sp³-hybridized carbons (Fsp3) is 0.278. The molecule has 0 spiro atoms. The Hall–Kier alpha value is -2.54. The third kappa shape index (κ3) is 3.76. The quantitative estimate of drug-likeness (QED) is 0.875. The van der Waals surface area contributed by atoms with Crippen LogP contribution in [0, 0.1) is 0 Å². The van der Waals surface area contributed by atoms with Gasteiger partial charge in [-0.2, -0.15) is 0 Å². The first kappa shape index (κ1) is 17.3. The van der Waals surface area contributed by atoms with Gasteiger partial charge in [-0.3, -0.25) is 0 Å². The Morgan fingerprint density at radius 3 is 2.64 bits per heavy atom. The van der Waals surface area contributed by atoms with Crippen molar-refractivity contribution >= 4 is 15.9 Å². The Morgan fingerprint density at radius 1 is 1.16 bits per heavy atom. The van der Waals surface area contributed by atoms with Crippen molar-refractivity contribution in [1.82, 2.24) is 10.6 Å². The van der Waals surface area contributed by atoms with Crippen LogP contribution in [-0.4, -0.2) is 34.1 Å². The summed E-state index contributed by atoms with van der Waals surface area (Å²) >= 11 is 0. The second kappa shape index (κ2) is 7.14. The molecule has 3 rings (SSSR count). The molecule has 2 aromatic carbocycles. The molecule has 0 saturated heterocycles. The van der Waals surface area contributed by atoms with Crippen molar-refractivity contribution in [2.45, 2.75) is 28.7 Å². The highest BCUT2D eigenvalue weighted by Gasteiger charge is 2.24. The second-order valence-electron chi connectivity index (χ2n) is 5.82. The Bertz CT molecular complexity index is 866. The molecule has 0 unspecified atom stereocenters. The van der Waals surface area contributed by atoms with E-state index in [2.05, 4.69) is 10.6 Å². The number of carbonyl (C=O) groups excluding carboxylic acids is 1. The van der Waals surface area contributed by atoms with Crippen LogP contribution >= 0.6 is 0 Å². The fourth-order valence-electron chi connectivity index (χ4n) is 2.75. The Labute approximate surface area is 147 Å². The number of hydrogen-bond acceptors (Lipinski definition) is 4. The second-order valence-corrected chi connectivity index (χ2v) is 7.77. The number of aryl methyl sites for hydroxylation is 1. The van der Waals surface area contributed by atoms with E-state index in [-0.39, 0.29) is 21.9 Å². The van der Waals surface area contributed by atoms with E-state index in [1.165, 1.54) is 0 Å². The normalized spacial score (nSPS) is 16.4. The zero-order valence-electron chi connectivity index (χ0n) is 13.9. The molecule has 6 nitrogen and oxygen atoms in total. The van der Waals surface area contributed by atoms with E-state index in [9.17, 15) is 13.2 Å². The summed E-state index contributed by atoms with van der Waals surface area (Å²) in [6.07, 6.45) is 1.36. The summed E-state index contributed by atoms with van der Waals surface area (Å²) in [5.74, 6) is 0.562. The zero-order chi connectivity index (χ0) is 17.9. The number of urea groups is 1. The number of fused-ring (bicyclic) bond motifs is 1. The molecule has 1 aliphatic heterocycles. The third-order valence-electron chi connectivity index (χ3n) is 4.15. The number of hydrogen-bond donors (Lipinski definition) is 2. The first-order valence-corrected chi connectivity index (χ1v) is 9.54. The Morgan fingerprint density at radius 2 is 1.92 bits per heavy atom. The van der Waals surface area contributed by atoms with Gasteiger partial charge in [0.2, 0.25) is 9.84 Å². The van der Waals surface area contributed by atoms with Crippen LogP contribution in [0.4, 0.5) is 4.79 Å². The van der Waals surface area contributed by atoms with Crippen LogP contribution in [-0.2, 0) is 16.3 Å². The van der Waals surface area contributed by atoms with Crippen molar-refractivity contribution in [3.63, 3.8) is 0 Å². The largest absolute Gasteiger partial charge is 0.488 e. The summed E-state index contributed by atoms with van der Waals surface area (Å²) in [7, 11) is -2.03. The minimum Gasteiger partial charge on any atom is -0.488 e. The lowest BCUT2D eigenvalue weighted by Crippen LogP contribution is -2.41. The first-order valence-electron chi connectivity index (χ1n) is 8.06. The van der Waals surface area contributed by atoms with Gasteiger partial charge >= 0.3 is 6.03 Å². The van der Waals surface area contributed by atoms with Gasteiger partial charge in [0.25, 0.3) is 0 Å². The van der Waals surface area contributed by atoms with Crippen molar-refractivity contribution in [3.05, 3.63) is 54.1 Å². The molecule has 132 valence electrons. The van der Waals surface area contributed by atoms with E-state index in [1.807, 2.05) is 0 Å². The van der Waals surface area contributed by atoms with Crippen molar-refractivity contribution in [1.29, 1.82) is 0 Å². The van der Waals surface area contributed by atoms with Gasteiger partial charge in [0.05, 0.1) is 16.3 Å². The van der Waals surface area contributed by atoms with Crippen molar-refractivity contribution in [2.24, 2.45) is 0 Å². The van der Waals surface area contributed by atoms with E-state index in [0.717, 1.165) is 18.4 Å². The maximum atomic E-state index is 12.7. The average molecular weight is 360 g/mol. The summed E-state index contributed by atoms with van der Waals surface area (Å²) in [4.78, 5) is 11.7. The van der Waals surface area contributed by atoms with Gasteiger partial charge in [-0.15, -0.1) is 0 Å². The molecule has 2 amide bonds.